The van der Waals surface area contributed by atoms with Crippen molar-refractivity contribution in [1.29, 1.82) is 0 Å². The summed E-state index contributed by atoms with van der Waals surface area (Å²) < 4.78 is 38.1. The van der Waals surface area contributed by atoms with Gasteiger partial charge in [-0.15, -0.1) is 0 Å². The smallest absolute Gasteiger partial charge is 0.244 e. The van der Waals surface area contributed by atoms with Crippen molar-refractivity contribution < 1.29 is 27.5 Å². The van der Waals surface area contributed by atoms with Gasteiger partial charge in [-0.3, -0.25) is 13.9 Å². The van der Waals surface area contributed by atoms with Gasteiger partial charge in [0, 0.05) is 35.3 Å². The van der Waals surface area contributed by atoms with Gasteiger partial charge < -0.3 is 19.7 Å². The molecule has 190 valence electrons. The molecule has 1 heterocycles. The summed E-state index contributed by atoms with van der Waals surface area (Å²) >= 11 is 12.6. The summed E-state index contributed by atoms with van der Waals surface area (Å²) in [5, 5.41) is 3.16. The fourth-order valence-electron chi connectivity index (χ4n) is 3.55. The first-order chi connectivity index (χ1) is 16.6. The molecular weight excluding hydrogens is 517 g/mol. The molecule has 1 N–H and O–H groups in total. The predicted molar refractivity (Wildman–Crippen MR) is 135 cm³/mol. The Labute approximate surface area is 214 Å². The molecule has 0 spiro atoms. The number of anilines is 1. The second kappa shape index (κ2) is 11.4. The molecule has 9 nitrogen and oxygen atoms in total. The van der Waals surface area contributed by atoms with Crippen LogP contribution in [0.3, 0.4) is 0 Å². The molecule has 0 aliphatic carbocycles. The largest absolute Gasteiger partial charge is 0.486 e. The molecule has 2 amide bonds. The Morgan fingerprint density at radius 3 is 2.31 bits per heavy atom. The van der Waals surface area contributed by atoms with Crippen molar-refractivity contribution in [3.63, 3.8) is 0 Å². The lowest BCUT2D eigenvalue weighted by atomic mass is 10.1. The summed E-state index contributed by atoms with van der Waals surface area (Å²) in [5.74, 6) is -0.398. The minimum atomic E-state index is -3.87. The van der Waals surface area contributed by atoms with Gasteiger partial charge in [-0.05, 0) is 38.1 Å². The van der Waals surface area contributed by atoms with Crippen LogP contribution in [0.15, 0.2) is 36.4 Å². The van der Waals surface area contributed by atoms with Crippen molar-refractivity contribution in [2.24, 2.45) is 0 Å². The summed E-state index contributed by atoms with van der Waals surface area (Å²) in [6, 6.07) is 8.66. The van der Waals surface area contributed by atoms with Gasteiger partial charge in [-0.25, -0.2) is 8.42 Å². The van der Waals surface area contributed by atoms with Crippen LogP contribution in [-0.2, 0) is 26.2 Å². The summed E-state index contributed by atoms with van der Waals surface area (Å²) in [6.07, 6.45) is 0. The van der Waals surface area contributed by atoms with E-state index in [4.69, 9.17) is 32.7 Å². The van der Waals surface area contributed by atoms with Gasteiger partial charge in [-0.1, -0.05) is 29.3 Å². The van der Waals surface area contributed by atoms with Crippen LogP contribution >= 0.6 is 23.2 Å². The Hall–Kier alpha value is -2.69. The lowest BCUT2D eigenvalue weighted by Gasteiger charge is -2.32. The van der Waals surface area contributed by atoms with Crippen molar-refractivity contribution in [1.82, 2.24) is 10.2 Å². The molecule has 0 bridgehead atoms. The Kier molecular flexibility index (Phi) is 8.74. The molecule has 1 atom stereocenters. The molecule has 0 aromatic heterocycles. The number of carbonyl (C=O) groups excluding carboxylic acids is 2. The van der Waals surface area contributed by atoms with Gasteiger partial charge in [0.05, 0.1) is 11.4 Å². The summed E-state index contributed by atoms with van der Waals surface area (Å²) in [4.78, 5) is 27.3. The number of hydrogen-bond acceptors (Lipinski definition) is 6. The average Bonchev–Trinajstić information content (AvgIpc) is 2.85. The normalized spacial score (nSPS) is 13.6. The van der Waals surface area contributed by atoms with Crippen LogP contribution in [0.25, 0.3) is 0 Å². The van der Waals surface area contributed by atoms with E-state index in [-0.39, 0.29) is 18.0 Å². The van der Waals surface area contributed by atoms with E-state index in [1.165, 1.54) is 24.9 Å². The highest BCUT2D eigenvalue weighted by atomic mass is 35.5. The third-order valence-electron chi connectivity index (χ3n) is 5.60. The van der Waals surface area contributed by atoms with Crippen molar-refractivity contribution in [2.45, 2.75) is 26.4 Å². The van der Waals surface area contributed by atoms with Gasteiger partial charge in [0.25, 0.3) is 0 Å². The molecule has 0 saturated carbocycles. The minimum Gasteiger partial charge on any atom is -0.486 e. The first-order valence-corrected chi connectivity index (χ1v) is 13.3. The molecule has 0 saturated heterocycles. The standard InChI is InChI=1S/C23H27Cl2N3O6S/c1-4-35(31,32)28(16-8-9-20-21(12-16)34-11-10-33-20)14-22(29)27(15(2)23(30)26-3)13-17-18(24)6-5-7-19(17)25/h5-9,12,15H,4,10-11,13-14H2,1-3H3,(H,26,30)/t15-/m0/s1. The number of sulfonamides is 1. The number of carbonyl (C=O) groups is 2. The van der Waals surface area contributed by atoms with E-state index in [1.54, 1.807) is 37.3 Å². The van der Waals surface area contributed by atoms with Crippen molar-refractivity contribution in [3.05, 3.63) is 52.0 Å². The van der Waals surface area contributed by atoms with E-state index in [0.717, 1.165) is 4.31 Å². The van der Waals surface area contributed by atoms with E-state index in [2.05, 4.69) is 5.32 Å². The molecule has 1 aliphatic heterocycles. The monoisotopic (exact) mass is 543 g/mol. The maximum atomic E-state index is 13.6. The van der Waals surface area contributed by atoms with Crippen LogP contribution < -0.4 is 19.1 Å². The van der Waals surface area contributed by atoms with E-state index in [9.17, 15) is 18.0 Å². The molecule has 3 rings (SSSR count). The first kappa shape index (κ1) is 26.9. The average molecular weight is 544 g/mol. The van der Waals surface area contributed by atoms with Crippen molar-refractivity contribution in [3.8, 4) is 11.5 Å². The van der Waals surface area contributed by atoms with Crippen LogP contribution in [0, 0.1) is 0 Å². The van der Waals surface area contributed by atoms with Gasteiger partial charge in [-0.2, -0.15) is 0 Å². The Bertz CT molecular complexity index is 1190. The summed E-state index contributed by atoms with van der Waals surface area (Å²) in [5.41, 5.74) is 0.692. The molecule has 12 heteroatoms. The number of ether oxygens (including phenoxy) is 2. The molecule has 0 fully saturated rings. The number of fused-ring (bicyclic) bond motifs is 1. The van der Waals surface area contributed by atoms with Crippen molar-refractivity contribution in [2.75, 3.05) is 36.9 Å². The van der Waals surface area contributed by atoms with Gasteiger partial charge >= 0.3 is 0 Å². The van der Waals surface area contributed by atoms with E-state index in [0.29, 0.717) is 40.3 Å². The zero-order chi connectivity index (χ0) is 25.8. The maximum Gasteiger partial charge on any atom is 0.244 e. The fourth-order valence-corrected chi connectivity index (χ4v) is 5.12. The molecule has 1 aliphatic rings. The zero-order valence-corrected chi connectivity index (χ0v) is 21.9. The number of nitrogens with one attached hydrogen (secondary N) is 1. The molecule has 0 radical (unpaired) electrons. The SMILES string of the molecule is CCS(=O)(=O)N(CC(=O)N(Cc1c(Cl)cccc1Cl)[C@@H](C)C(=O)NC)c1ccc2c(c1)OCCO2. The quantitative estimate of drug-likeness (QED) is 0.521. The highest BCUT2D eigenvalue weighted by molar-refractivity contribution is 7.92. The maximum absolute atomic E-state index is 13.6. The molecule has 2 aromatic rings. The van der Waals surface area contributed by atoms with Gasteiger partial charge in [0.2, 0.25) is 21.8 Å². The summed E-state index contributed by atoms with van der Waals surface area (Å²) in [7, 11) is -2.42. The van der Waals surface area contributed by atoms with Crippen molar-refractivity contribution >= 4 is 50.7 Å². The fraction of sp³-hybridized carbons (Fsp3) is 0.391. The number of benzene rings is 2. The first-order valence-electron chi connectivity index (χ1n) is 10.9. The second-order valence-corrected chi connectivity index (χ2v) is 10.7. The number of nitrogens with zero attached hydrogens (tertiary/aromatic N) is 2. The number of halogens is 2. The Morgan fingerprint density at radius 2 is 1.71 bits per heavy atom. The second-order valence-electron chi connectivity index (χ2n) is 7.75. The topological polar surface area (TPSA) is 105 Å². The van der Waals surface area contributed by atoms with Crippen LogP contribution in [0.2, 0.25) is 10.0 Å². The third-order valence-corrected chi connectivity index (χ3v) is 8.05. The van der Waals surface area contributed by atoms with Gasteiger partial charge in [0.1, 0.15) is 25.8 Å². The molecule has 2 aromatic carbocycles. The van der Waals surface area contributed by atoms with Crippen LogP contribution in [0.1, 0.15) is 19.4 Å². The van der Waals surface area contributed by atoms with Gasteiger partial charge in [0.15, 0.2) is 11.5 Å². The highest BCUT2D eigenvalue weighted by Crippen LogP contribution is 2.35. The number of amides is 2. The lowest BCUT2D eigenvalue weighted by Crippen LogP contribution is -2.51. The van der Waals surface area contributed by atoms with E-state index in [1.807, 2.05) is 0 Å². The lowest BCUT2D eigenvalue weighted by molar-refractivity contribution is -0.139. The van der Waals surface area contributed by atoms with E-state index >= 15 is 0 Å². The minimum absolute atomic E-state index is 0.0902. The number of likely N-dealkylation sites (N-methyl/N-ethyl adjacent to an activating group) is 1. The summed E-state index contributed by atoms with van der Waals surface area (Å²) in [6.45, 7) is 3.11. The van der Waals surface area contributed by atoms with E-state index < -0.39 is 34.4 Å². The molecular formula is C23H27Cl2N3O6S. The van der Waals surface area contributed by atoms with Crippen LogP contribution in [-0.4, -0.2) is 63.7 Å². The number of hydrogen-bond donors (Lipinski definition) is 1. The molecule has 0 unspecified atom stereocenters. The Balaban J connectivity index is 1.98. The zero-order valence-electron chi connectivity index (χ0n) is 19.6. The number of rotatable bonds is 9. The highest BCUT2D eigenvalue weighted by Gasteiger charge is 2.32. The van der Waals surface area contributed by atoms with Crippen LogP contribution in [0.4, 0.5) is 5.69 Å². The molecule has 35 heavy (non-hydrogen) atoms. The third kappa shape index (κ3) is 6.12. The van der Waals surface area contributed by atoms with Crippen LogP contribution in [0.5, 0.6) is 11.5 Å². The predicted octanol–water partition coefficient (Wildman–Crippen LogP) is 3.08. The Morgan fingerprint density at radius 1 is 1.09 bits per heavy atom.